The van der Waals surface area contributed by atoms with E-state index in [0.29, 0.717) is 11.4 Å². The summed E-state index contributed by atoms with van der Waals surface area (Å²) in [5.74, 6) is 1.50. The molecule has 21 heavy (non-hydrogen) atoms. The number of piperidine rings is 1. The van der Waals surface area contributed by atoms with Crippen LogP contribution >= 0.6 is 0 Å². The molecule has 2 aromatic heterocycles. The molecule has 3 heterocycles. The maximum Gasteiger partial charge on any atom is 0.256 e. The molecule has 0 radical (unpaired) electrons. The molecule has 2 aromatic rings. The molecule has 0 unspecified atom stereocenters. The van der Waals surface area contributed by atoms with Gasteiger partial charge >= 0.3 is 0 Å². The van der Waals surface area contributed by atoms with Crippen LogP contribution in [0.2, 0.25) is 0 Å². The topological polar surface area (TPSA) is 74.8 Å². The molecule has 3 rings (SSSR count). The molecule has 0 spiro atoms. The molecule has 1 fully saturated rings. The molecule has 0 aliphatic carbocycles. The predicted octanol–water partition coefficient (Wildman–Crippen LogP) is 2.18. The second-order valence-electron chi connectivity index (χ2n) is 5.48. The molecule has 0 bridgehead atoms. The number of carbonyl (C=O) groups is 1. The third-order valence-electron chi connectivity index (χ3n) is 3.83. The number of amides is 1. The van der Waals surface area contributed by atoms with Crippen molar-refractivity contribution in [1.29, 1.82) is 0 Å². The van der Waals surface area contributed by atoms with E-state index in [9.17, 15) is 4.79 Å². The van der Waals surface area contributed by atoms with Crippen LogP contribution in [0.15, 0.2) is 18.3 Å². The second-order valence-corrected chi connectivity index (χ2v) is 5.48. The van der Waals surface area contributed by atoms with Crippen LogP contribution in [0.1, 0.15) is 53.0 Å². The fourth-order valence-electron chi connectivity index (χ4n) is 2.71. The first-order valence-corrected chi connectivity index (χ1v) is 7.27. The van der Waals surface area contributed by atoms with Crippen molar-refractivity contribution in [3.8, 4) is 0 Å². The summed E-state index contributed by atoms with van der Waals surface area (Å²) in [6.07, 6.45) is 4.66. The molecule has 0 saturated carbocycles. The maximum atomic E-state index is 12.7. The van der Waals surface area contributed by atoms with Crippen LogP contribution in [-0.4, -0.2) is 37.5 Å². The molecule has 1 amide bonds. The van der Waals surface area contributed by atoms with E-state index in [-0.39, 0.29) is 11.9 Å². The Bertz CT molecular complexity index is 634. The molecular weight excluding hydrogens is 266 g/mol. The van der Waals surface area contributed by atoms with E-state index in [1.165, 1.54) is 0 Å². The van der Waals surface area contributed by atoms with Gasteiger partial charge in [-0.1, -0.05) is 0 Å². The number of aromatic nitrogens is 4. The number of nitrogens with one attached hydrogen (secondary N) is 1. The Morgan fingerprint density at radius 3 is 2.86 bits per heavy atom. The molecular formula is C15H19N5O. The molecule has 110 valence electrons. The van der Waals surface area contributed by atoms with Gasteiger partial charge < -0.3 is 4.90 Å². The molecule has 6 heteroatoms. The molecule has 1 aliphatic rings. The highest BCUT2D eigenvalue weighted by Gasteiger charge is 2.31. The SMILES string of the molecule is Cc1ccc(C(=O)N2CCCC[C@@H]2c2n[nH]c(C)n2)cn1. The summed E-state index contributed by atoms with van der Waals surface area (Å²) < 4.78 is 0. The smallest absolute Gasteiger partial charge is 0.256 e. The van der Waals surface area contributed by atoms with Crippen molar-refractivity contribution in [1.82, 2.24) is 25.1 Å². The average Bonchev–Trinajstić information content (AvgIpc) is 2.94. The monoisotopic (exact) mass is 285 g/mol. The van der Waals surface area contributed by atoms with Crippen molar-refractivity contribution < 1.29 is 4.79 Å². The van der Waals surface area contributed by atoms with Gasteiger partial charge in [0.1, 0.15) is 5.82 Å². The van der Waals surface area contributed by atoms with E-state index in [4.69, 9.17) is 0 Å². The fourth-order valence-corrected chi connectivity index (χ4v) is 2.71. The average molecular weight is 285 g/mol. The fraction of sp³-hybridized carbons (Fsp3) is 0.467. The number of nitrogens with zero attached hydrogens (tertiary/aromatic N) is 4. The number of hydrogen-bond donors (Lipinski definition) is 1. The minimum atomic E-state index is -0.0440. The Kier molecular flexibility index (Phi) is 3.68. The zero-order valence-corrected chi connectivity index (χ0v) is 12.3. The summed E-state index contributed by atoms with van der Waals surface area (Å²) in [4.78, 5) is 23.2. The lowest BCUT2D eigenvalue weighted by Gasteiger charge is -2.34. The van der Waals surface area contributed by atoms with Crippen LogP contribution in [0, 0.1) is 13.8 Å². The van der Waals surface area contributed by atoms with Gasteiger partial charge in [-0.05, 0) is 45.2 Å². The van der Waals surface area contributed by atoms with E-state index >= 15 is 0 Å². The van der Waals surface area contributed by atoms with E-state index in [2.05, 4.69) is 20.2 Å². The van der Waals surface area contributed by atoms with Gasteiger partial charge in [-0.15, -0.1) is 0 Å². The Morgan fingerprint density at radius 2 is 2.19 bits per heavy atom. The largest absolute Gasteiger partial charge is 0.328 e. The number of carbonyl (C=O) groups excluding carboxylic acids is 1. The van der Waals surface area contributed by atoms with Crippen molar-refractivity contribution in [3.63, 3.8) is 0 Å². The van der Waals surface area contributed by atoms with Gasteiger partial charge in [0.15, 0.2) is 5.82 Å². The third-order valence-corrected chi connectivity index (χ3v) is 3.83. The van der Waals surface area contributed by atoms with Crippen molar-refractivity contribution >= 4 is 5.91 Å². The maximum absolute atomic E-state index is 12.7. The van der Waals surface area contributed by atoms with E-state index in [1.807, 2.05) is 30.9 Å². The summed E-state index contributed by atoms with van der Waals surface area (Å²) in [6.45, 7) is 4.52. The number of likely N-dealkylation sites (tertiary alicyclic amines) is 1. The Balaban J connectivity index is 1.87. The van der Waals surface area contributed by atoms with Crippen LogP contribution in [-0.2, 0) is 0 Å². The van der Waals surface area contributed by atoms with Gasteiger partial charge in [0, 0.05) is 18.4 Å². The Hall–Kier alpha value is -2.24. The quantitative estimate of drug-likeness (QED) is 0.917. The summed E-state index contributed by atoms with van der Waals surface area (Å²) in [5.41, 5.74) is 1.53. The Labute approximate surface area is 123 Å². The normalized spacial score (nSPS) is 18.8. The van der Waals surface area contributed by atoms with Crippen molar-refractivity contribution in [2.45, 2.75) is 39.2 Å². The van der Waals surface area contributed by atoms with E-state index in [1.54, 1.807) is 6.20 Å². The zero-order chi connectivity index (χ0) is 14.8. The highest BCUT2D eigenvalue weighted by atomic mass is 16.2. The minimum Gasteiger partial charge on any atom is -0.328 e. The molecule has 1 aliphatic heterocycles. The molecule has 0 aromatic carbocycles. The molecule has 1 N–H and O–H groups in total. The van der Waals surface area contributed by atoms with Gasteiger partial charge in [0.25, 0.3) is 5.91 Å². The van der Waals surface area contributed by atoms with Crippen LogP contribution in [0.25, 0.3) is 0 Å². The number of H-pyrrole nitrogens is 1. The first-order valence-electron chi connectivity index (χ1n) is 7.27. The van der Waals surface area contributed by atoms with Gasteiger partial charge in [0.05, 0.1) is 11.6 Å². The minimum absolute atomic E-state index is 0.00894. The number of hydrogen-bond acceptors (Lipinski definition) is 4. The predicted molar refractivity (Wildman–Crippen MR) is 77.7 cm³/mol. The molecule has 1 saturated heterocycles. The highest BCUT2D eigenvalue weighted by molar-refractivity contribution is 5.94. The van der Waals surface area contributed by atoms with Gasteiger partial charge in [-0.2, -0.15) is 5.10 Å². The summed E-state index contributed by atoms with van der Waals surface area (Å²) in [7, 11) is 0. The van der Waals surface area contributed by atoms with Crippen LogP contribution in [0.5, 0.6) is 0 Å². The van der Waals surface area contributed by atoms with E-state index < -0.39 is 0 Å². The first kappa shape index (κ1) is 13.7. The number of aryl methyl sites for hydroxylation is 2. The lowest BCUT2D eigenvalue weighted by molar-refractivity contribution is 0.0600. The van der Waals surface area contributed by atoms with Crippen LogP contribution in [0.3, 0.4) is 0 Å². The van der Waals surface area contributed by atoms with Gasteiger partial charge in [0.2, 0.25) is 0 Å². The molecule has 1 atom stereocenters. The zero-order valence-electron chi connectivity index (χ0n) is 12.3. The van der Waals surface area contributed by atoms with Gasteiger partial charge in [-0.3, -0.25) is 14.9 Å². The summed E-state index contributed by atoms with van der Waals surface area (Å²) in [5, 5.41) is 7.10. The number of rotatable bonds is 2. The highest BCUT2D eigenvalue weighted by Crippen LogP contribution is 2.30. The van der Waals surface area contributed by atoms with E-state index in [0.717, 1.165) is 37.3 Å². The van der Waals surface area contributed by atoms with Crippen LogP contribution in [0.4, 0.5) is 0 Å². The lowest BCUT2D eigenvalue weighted by Crippen LogP contribution is -2.39. The van der Waals surface area contributed by atoms with Crippen molar-refractivity contribution in [3.05, 3.63) is 41.2 Å². The summed E-state index contributed by atoms with van der Waals surface area (Å²) in [6, 6.07) is 3.65. The lowest BCUT2D eigenvalue weighted by atomic mass is 10.0. The van der Waals surface area contributed by atoms with Crippen molar-refractivity contribution in [2.24, 2.45) is 0 Å². The second kappa shape index (κ2) is 5.63. The summed E-state index contributed by atoms with van der Waals surface area (Å²) >= 11 is 0. The van der Waals surface area contributed by atoms with Crippen LogP contribution < -0.4 is 0 Å². The van der Waals surface area contributed by atoms with Gasteiger partial charge in [-0.25, -0.2) is 4.98 Å². The van der Waals surface area contributed by atoms with Crippen molar-refractivity contribution in [2.75, 3.05) is 6.54 Å². The molecule has 6 nitrogen and oxygen atoms in total. The third kappa shape index (κ3) is 2.79. The number of pyridine rings is 1. The Morgan fingerprint density at radius 1 is 1.33 bits per heavy atom. The standard InChI is InChI=1S/C15H19N5O/c1-10-6-7-12(9-16-10)15(21)20-8-4-3-5-13(20)14-17-11(2)18-19-14/h6-7,9,13H,3-5,8H2,1-2H3,(H,17,18,19)/t13-/m1/s1. The number of aromatic amines is 1. The first-order chi connectivity index (χ1) is 10.1.